The van der Waals surface area contributed by atoms with E-state index in [9.17, 15) is 0 Å². The standard InChI is InChI=1S/C9H14ClNO2S/c1-6(11-3-8(13)4-12)7-2-9(10)14-5-7/h2,5-6,8,11-13H,3-4H2,1H3. The number of hydrogen-bond donors (Lipinski definition) is 3. The fourth-order valence-corrected chi connectivity index (χ4v) is 2.03. The van der Waals surface area contributed by atoms with Gasteiger partial charge in [0.2, 0.25) is 0 Å². The first kappa shape index (κ1) is 11.9. The molecular weight excluding hydrogens is 222 g/mol. The molecular formula is C9H14ClNO2S. The second-order valence-electron chi connectivity index (χ2n) is 3.15. The van der Waals surface area contributed by atoms with Crippen LogP contribution < -0.4 is 5.32 Å². The van der Waals surface area contributed by atoms with E-state index in [0.717, 1.165) is 9.90 Å². The van der Waals surface area contributed by atoms with Crippen molar-refractivity contribution in [3.05, 3.63) is 21.3 Å². The van der Waals surface area contributed by atoms with Crippen LogP contribution in [0.4, 0.5) is 0 Å². The molecule has 0 radical (unpaired) electrons. The lowest BCUT2D eigenvalue weighted by Gasteiger charge is -2.14. The number of aliphatic hydroxyl groups excluding tert-OH is 2. The Balaban J connectivity index is 2.39. The summed E-state index contributed by atoms with van der Waals surface area (Å²) in [5, 5.41) is 22.8. The third-order valence-electron chi connectivity index (χ3n) is 1.96. The Hall–Kier alpha value is -0.130. The summed E-state index contributed by atoms with van der Waals surface area (Å²) >= 11 is 7.28. The molecule has 5 heteroatoms. The van der Waals surface area contributed by atoms with Crippen LogP contribution in [0.2, 0.25) is 4.34 Å². The summed E-state index contributed by atoms with van der Waals surface area (Å²) in [4.78, 5) is 0. The summed E-state index contributed by atoms with van der Waals surface area (Å²) in [6, 6.07) is 2.04. The second kappa shape index (κ2) is 5.68. The van der Waals surface area contributed by atoms with Gasteiger partial charge in [-0.2, -0.15) is 0 Å². The van der Waals surface area contributed by atoms with E-state index in [-0.39, 0.29) is 12.6 Å². The van der Waals surface area contributed by atoms with Crippen LogP contribution in [0.15, 0.2) is 11.4 Å². The maximum Gasteiger partial charge on any atom is 0.0931 e. The van der Waals surface area contributed by atoms with E-state index < -0.39 is 6.10 Å². The highest BCUT2D eigenvalue weighted by molar-refractivity contribution is 7.14. The minimum Gasteiger partial charge on any atom is -0.394 e. The van der Waals surface area contributed by atoms with Gasteiger partial charge in [0, 0.05) is 12.6 Å². The van der Waals surface area contributed by atoms with E-state index >= 15 is 0 Å². The van der Waals surface area contributed by atoms with E-state index in [1.807, 2.05) is 18.4 Å². The Morgan fingerprint density at radius 2 is 2.36 bits per heavy atom. The molecule has 0 aliphatic heterocycles. The normalized spacial score (nSPS) is 15.4. The molecule has 0 saturated carbocycles. The molecule has 1 aromatic rings. The number of rotatable bonds is 5. The van der Waals surface area contributed by atoms with Crippen molar-refractivity contribution in [2.24, 2.45) is 0 Å². The molecule has 2 unspecified atom stereocenters. The van der Waals surface area contributed by atoms with Gasteiger partial charge in [0.05, 0.1) is 17.0 Å². The molecule has 0 amide bonds. The average molecular weight is 236 g/mol. The molecule has 2 atom stereocenters. The topological polar surface area (TPSA) is 52.5 Å². The minimum absolute atomic E-state index is 0.139. The number of hydrogen-bond acceptors (Lipinski definition) is 4. The SMILES string of the molecule is CC(NCC(O)CO)c1csc(Cl)c1. The molecule has 3 nitrogen and oxygen atoms in total. The molecule has 14 heavy (non-hydrogen) atoms. The molecule has 80 valence electrons. The van der Waals surface area contributed by atoms with Crippen molar-refractivity contribution in [3.63, 3.8) is 0 Å². The fraction of sp³-hybridized carbons (Fsp3) is 0.556. The van der Waals surface area contributed by atoms with Gasteiger partial charge in [-0.3, -0.25) is 0 Å². The minimum atomic E-state index is -0.702. The number of aliphatic hydroxyl groups is 2. The first-order valence-corrected chi connectivity index (χ1v) is 5.65. The van der Waals surface area contributed by atoms with E-state index in [0.29, 0.717) is 6.54 Å². The monoisotopic (exact) mass is 235 g/mol. The molecule has 1 rings (SSSR count). The summed E-state index contributed by atoms with van der Waals surface area (Å²) in [7, 11) is 0. The molecule has 0 bridgehead atoms. The van der Waals surface area contributed by atoms with Crippen molar-refractivity contribution < 1.29 is 10.2 Å². The van der Waals surface area contributed by atoms with Gasteiger partial charge < -0.3 is 15.5 Å². The molecule has 3 N–H and O–H groups in total. The Morgan fingerprint density at radius 1 is 1.64 bits per heavy atom. The Kier molecular flexibility index (Phi) is 4.84. The molecule has 0 aliphatic carbocycles. The molecule has 0 aromatic carbocycles. The van der Waals surface area contributed by atoms with E-state index in [4.69, 9.17) is 21.8 Å². The Bertz CT molecular complexity index is 280. The molecule has 0 spiro atoms. The Labute approximate surface area is 92.3 Å². The van der Waals surface area contributed by atoms with Crippen molar-refractivity contribution in [3.8, 4) is 0 Å². The van der Waals surface area contributed by atoms with E-state index in [1.165, 1.54) is 11.3 Å². The first-order chi connectivity index (χ1) is 6.63. The highest BCUT2D eigenvalue weighted by Crippen LogP contribution is 2.24. The van der Waals surface area contributed by atoms with Gasteiger partial charge >= 0.3 is 0 Å². The lowest BCUT2D eigenvalue weighted by atomic mass is 10.2. The lowest BCUT2D eigenvalue weighted by Crippen LogP contribution is -2.31. The van der Waals surface area contributed by atoms with Gasteiger partial charge in [0.15, 0.2) is 0 Å². The van der Waals surface area contributed by atoms with Crippen LogP contribution in [0.1, 0.15) is 18.5 Å². The molecule has 1 aromatic heterocycles. The number of halogens is 1. The van der Waals surface area contributed by atoms with Gasteiger partial charge in [-0.15, -0.1) is 11.3 Å². The highest BCUT2D eigenvalue weighted by Gasteiger charge is 2.09. The van der Waals surface area contributed by atoms with Crippen molar-refractivity contribution in [1.82, 2.24) is 5.32 Å². The highest BCUT2D eigenvalue weighted by atomic mass is 35.5. The van der Waals surface area contributed by atoms with Crippen molar-refractivity contribution >= 4 is 22.9 Å². The van der Waals surface area contributed by atoms with Crippen molar-refractivity contribution in [2.75, 3.05) is 13.2 Å². The fourth-order valence-electron chi connectivity index (χ4n) is 1.05. The smallest absolute Gasteiger partial charge is 0.0931 e. The zero-order valence-corrected chi connectivity index (χ0v) is 9.48. The van der Waals surface area contributed by atoms with Crippen molar-refractivity contribution in [1.29, 1.82) is 0 Å². The van der Waals surface area contributed by atoms with Gasteiger partial charge in [0.1, 0.15) is 0 Å². The van der Waals surface area contributed by atoms with Crippen LogP contribution in [-0.4, -0.2) is 29.5 Å². The van der Waals surface area contributed by atoms with E-state index in [2.05, 4.69) is 5.32 Å². The average Bonchev–Trinajstić information content (AvgIpc) is 2.60. The summed E-state index contributed by atoms with van der Waals surface area (Å²) in [6.45, 7) is 2.15. The predicted octanol–water partition coefficient (Wildman–Crippen LogP) is 1.41. The quantitative estimate of drug-likeness (QED) is 0.723. The summed E-state index contributed by atoms with van der Waals surface area (Å²) in [6.07, 6.45) is -0.702. The summed E-state index contributed by atoms with van der Waals surface area (Å²) in [5.41, 5.74) is 1.10. The summed E-state index contributed by atoms with van der Waals surface area (Å²) in [5.74, 6) is 0. The van der Waals surface area contributed by atoms with E-state index in [1.54, 1.807) is 0 Å². The van der Waals surface area contributed by atoms with Gasteiger partial charge in [-0.25, -0.2) is 0 Å². The third-order valence-corrected chi connectivity index (χ3v) is 3.07. The van der Waals surface area contributed by atoms with Gasteiger partial charge in [-0.1, -0.05) is 11.6 Å². The first-order valence-electron chi connectivity index (χ1n) is 4.39. The zero-order chi connectivity index (χ0) is 10.6. The number of nitrogens with one attached hydrogen (secondary N) is 1. The lowest BCUT2D eigenvalue weighted by molar-refractivity contribution is 0.0924. The van der Waals surface area contributed by atoms with Crippen LogP contribution in [0.5, 0.6) is 0 Å². The predicted molar refractivity (Wildman–Crippen MR) is 58.8 cm³/mol. The molecule has 0 aliphatic rings. The maximum atomic E-state index is 9.12. The second-order valence-corrected chi connectivity index (χ2v) is 4.69. The van der Waals surface area contributed by atoms with Gasteiger partial charge in [0.25, 0.3) is 0 Å². The third kappa shape index (κ3) is 3.55. The summed E-state index contributed by atoms with van der Waals surface area (Å²) < 4.78 is 0.761. The zero-order valence-electron chi connectivity index (χ0n) is 7.90. The molecule has 1 heterocycles. The van der Waals surface area contributed by atoms with Crippen LogP contribution in [0.25, 0.3) is 0 Å². The van der Waals surface area contributed by atoms with Crippen molar-refractivity contribution in [2.45, 2.75) is 19.1 Å². The number of thiophene rings is 1. The largest absolute Gasteiger partial charge is 0.394 e. The maximum absolute atomic E-state index is 9.12. The van der Waals surface area contributed by atoms with Crippen LogP contribution in [-0.2, 0) is 0 Å². The van der Waals surface area contributed by atoms with Gasteiger partial charge in [-0.05, 0) is 23.9 Å². The van der Waals surface area contributed by atoms with Crippen LogP contribution in [0.3, 0.4) is 0 Å². The Morgan fingerprint density at radius 3 is 2.86 bits per heavy atom. The van der Waals surface area contributed by atoms with Crippen LogP contribution in [0, 0.1) is 0 Å². The molecule has 0 saturated heterocycles. The van der Waals surface area contributed by atoms with Crippen LogP contribution >= 0.6 is 22.9 Å². The molecule has 0 fully saturated rings.